The van der Waals surface area contributed by atoms with Crippen molar-refractivity contribution in [3.63, 3.8) is 0 Å². The number of nitrogens with one attached hydrogen (secondary N) is 2. The molecule has 1 amide bonds. The summed E-state index contributed by atoms with van der Waals surface area (Å²) in [6, 6.07) is 8.73. The molecule has 2 aliphatic rings. The number of benzene rings is 1. The molecule has 0 atom stereocenters. The van der Waals surface area contributed by atoms with Crippen LogP contribution in [0.25, 0.3) is 0 Å². The van der Waals surface area contributed by atoms with Crippen molar-refractivity contribution in [2.24, 2.45) is 10.9 Å². The van der Waals surface area contributed by atoms with Gasteiger partial charge in [0.05, 0.1) is 6.54 Å². The Morgan fingerprint density at radius 3 is 2.43 bits per heavy atom. The van der Waals surface area contributed by atoms with Gasteiger partial charge in [0.25, 0.3) is 0 Å². The van der Waals surface area contributed by atoms with Gasteiger partial charge in [-0.25, -0.2) is 4.99 Å². The molecule has 0 saturated carbocycles. The van der Waals surface area contributed by atoms with Crippen LogP contribution in [0.1, 0.15) is 31.7 Å². The number of rotatable bonds is 6. The third-order valence-electron chi connectivity index (χ3n) is 5.53. The number of hydrogen-bond donors (Lipinski definition) is 2. The van der Waals surface area contributed by atoms with Gasteiger partial charge in [-0.1, -0.05) is 24.3 Å². The lowest BCUT2D eigenvalue weighted by Gasteiger charge is -2.34. The summed E-state index contributed by atoms with van der Waals surface area (Å²) in [5.41, 5.74) is 2.49. The molecule has 3 rings (SSSR count). The summed E-state index contributed by atoms with van der Waals surface area (Å²) in [6.45, 7) is 7.54. The SMILES string of the molecule is CCNC(=NCc1ccc(N2CC=CC2)cc1)N1CCC(CC(=O)NC)CC1. The minimum absolute atomic E-state index is 0.146. The number of carbonyl (C=O) groups is 1. The van der Waals surface area contributed by atoms with E-state index in [0.29, 0.717) is 18.9 Å². The molecule has 1 aromatic carbocycles. The highest BCUT2D eigenvalue weighted by Crippen LogP contribution is 2.21. The molecule has 1 saturated heterocycles. The lowest BCUT2D eigenvalue weighted by molar-refractivity contribution is -0.121. The van der Waals surface area contributed by atoms with Crippen LogP contribution in [0, 0.1) is 5.92 Å². The molecule has 0 bridgehead atoms. The largest absolute Gasteiger partial charge is 0.364 e. The third-order valence-corrected chi connectivity index (χ3v) is 5.53. The molecule has 0 radical (unpaired) electrons. The predicted octanol–water partition coefficient (Wildman–Crippen LogP) is 2.38. The number of nitrogens with zero attached hydrogens (tertiary/aromatic N) is 3. The Kier molecular flexibility index (Phi) is 7.34. The minimum atomic E-state index is 0.146. The first-order valence-electron chi connectivity index (χ1n) is 10.4. The predicted molar refractivity (Wildman–Crippen MR) is 116 cm³/mol. The summed E-state index contributed by atoms with van der Waals surface area (Å²) in [7, 11) is 1.71. The number of anilines is 1. The van der Waals surface area contributed by atoms with Crippen molar-refractivity contribution in [3.8, 4) is 0 Å². The number of amides is 1. The molecule has 2 aliphatic heterocycles. The maximum absolute atomic E-state index is 11.6. The van der Waals surface area contributed by atoms with Crippen LogP contribution in [0.4, 0.5) is 5.69 Å². The van der Waals surface area contributed by atoms with Crippen molar-refractivity contribution < 1.29 is 4.79 Å². The quantitative estimate of drug-likeness (QED) is 0.450. The summed E-state index contributed by atoms with van der Waals surface area (Å²) in [4.78, 5) is 21.1. The molecule has 6 nitrogen and oxygen atoms in total. The van der Waals surface area contributed by atoms with Crippen LogP contribution in [0.2, 0.25) is 0 Å². The van der Waals surface area contributed by atoms with E-state index >= 15 is 0 Å². The lowest BCUT2D eigenvalue weighted by Crippen LogP contribution is -2.46. The van der Waals surface area contributed by atoms with Crippen LogP contribution < -0.4 is 15.5 Å². The molecule has 1 fully saturated rings. The van der Waals surface area contributed by atoms with E-state index in [9.17, 15) is 4.79 Å². The van der Waals surface area contributed by atoms with E-state index in [1.54, 1.807) is 7.05 Å². The summed E-state index contributed by atoms with van der Waals surface area (Å²) in [5, 5.41) is 6.16. The highest BCUT2D eigenvalue weighted by molar-refractivity contribution is 5.80. The molecule has 152 valence electrons. The number of carbonyl (C=O) groups excluding carboxylic acids is 1. The average Bonchev–Trinajstić information content (AvgIpc) is 3.27. The molecular formula is C22H33N5O. The standard InChI is InChI=1S/C22H33N5O/c1-3-24-22(27-14-10-18(11-15-27)16-21(28)23-2)25-17-19-6-8-20(9-7-19)26-12-4-5-13-26/h4-9,18H,3,10-17H2,1-2H3,(H,23,28)(H,24,25). The zero-order valence-electron chi connectivity index (χ0n) is 17.2. The van der Waals surface area contributed by atoms with Crippen LogP contribution in [-0.4, -0.2) is 56.5 Å². The van der Waals surface area contributed by atoms with E-state index < -0.39 is 0 Å². The molecule has 0 spiro atoms. The maximum atomic E-state index is 11.6. The fourth-order valence-corrected chi connectivity index (χ4v) is 3.81. The Hall–Kier alpha value is -2.50. The van der Waals surface area contributed by atoms with Gasteiger partial charge in [0.15, 0.2) is 5.96 Å². The molecule has 0 unspecified atom stereocenters. The van der Waals surface area contributed by atoms with Gasteiger partial charge in [-0.3, -0.25) is 4.79 Å². The van der Waals surface area contributed by atoms with E-state index in [2.05, 4.69) is 63.8 Å². The Labute approximate surface area is 168 Å². The number of guanidine groups is 1. The number of likely N-dealkylation sites (tertiary alicyclic amines) is 1. The van der Waals surface area contributed by atoms with Crippen LogP contribution in [0.3, 0.4) is 0 Å². The van der Waals surface area contributed by atoms with E-state index in [1.807, 2.05) is 0 Å². The molecular weight excluding hydrogens is 350 g/mol. The average molecular weight is 384 g/mol. The Balaban J connectivity index is 1.54. The lowest BCUT2D eigenvalue weighted by atomic mass is 9.93. The van der Waals surface area contributed by atoms with Gasteiger partial charge in [-0.2, -0.15) is 0 Å². The summed E-state index contributed by atoms with van der Waals surface area (Å²) in [5.74, 6) is 1.60. The van der Waals surface area contributed by atoms with Crippen molar-refractivity contribution in [3.05, 3.63) is 42.0 Å². The highest BCUT2D eigenvalue weighted by Gasteiger charge is 2.23. The Morgan fingerprint density at radius 1 is 1.14 bits per heavy atom. The number of piperidine rings is 1. The van der Waals surface area contributed by atoms with Gasteiger partial charge in [-0.05, 0) is 43.4 Å². The third kappa shape index (κ3) is 5.50. The first-order chi connectivity index (χ1) is 13.7. The fraction of sp³-hybridized carbons (Fsp3) is 0.545. The molecule has 0 aromatic heterocycles. The van der Waals surface area contributed by atoms with Crippen molar-refractivity contribution in [1.82, 2.24) is 15.5 Å². The first-order valence-corrected chi connectivity index (χ1v) is 10.4. The molecule has 2 heterocycles. The van der Waals surface area contributed by atoms with E-state index in [-0.39, 0.29) is 5.91 Å². The summed E-state index contributed by atoms with van der Waals surface area (Å²) in [6.07, 6.45) is 7.13. The van der Waals surface area contributed by atoms with Gasteiger partial charge in [0, 0.05) is 51.9 Å². The second kappa shape index (κ2) is 10.2. The second-order valence-electron chi connectivity index (χ2n) is 7.52. The monoisotopic (exact) mass is 383 g/mol. The number of aliphatic imine (C=N–C) groups is 1. The van der Waals surface area contributed by atoms with Gasteiger partial charge < -0.3 is 20.4 Å². The summed E-state index contributed by atoms with van der Waals surface area (Å²) < 4.78 is 0. The second-order valence-corrected chi connectivity index (χ2v) is 7.52. The van der Waals surface area contributed by atoms with E-state index in [4.69, 9.17) is 4.99 Å². The van der Waals surface area contributed by atoms with Crippen LogP contribution in [0.5, 0.6) is 0 Å². The van der Waals surface area contributed by atoms with Crippen molar-refractivity contribution in [2.45, 2.75) is 32.7 Å². The molecule has 28 heavy (non-hydrogen) atoms. The van der Waals surface area contributed by atoms with Crippen LogP contribution in [-0.2, 0) is 11.3 Å². The molecule has 1 aromatic rings. The first kappa shape index (κ1) is 20.2. The maximum Gasteiger partial charge on any atom is 0.220 e. The topological polar surface area (TPSA) is 60.0 Å². The van der Waals surface area contributed by atoms with E-state index in [1.165, 1.54) is 11.3 Å². The summed E-state index contributed by atoms with van der Waals surface area (Å²) >= 11 is 0. The zero-order chi connectivity index (χ0) is 19.8. The van der Waals surface area contributed by atoms with Crippen molar-refractivity contribution in [1.29, 1.82) is 0 Å². The number of hydrogen-bond acceptors (Lipinski definition) is 3. The molecule has 2 N–H and O–H groups in total. The molecule has 0 aliphatic carbocycles. The van der Waals surface area contributed by atoms with Crippen molar-refractivity contribution in [2.75, 3.05) is 44.7 Å². The minimum Gasteiger partial charge on any atom is -0.364 e. The Morgan fingerprint density at radius 2 is 1.82 bits per heavy atom. The Bertz CT molecular complexity index is 681. The highest BCUT2D eigenvalue weighted by atomic mass is 16.1. The van der Waals surface area contributed by atoms with Crippen molar-refractivity contribution >= 4 is 17.6 Å². The van der Waals surface area contributed by atoms with Gasteiger partial charge in [0.1, 0.15) is 0 Å². The van der Waals surface area contributed by atoms with Gasteiger partial charge in [-0.15, -0.1) is 0 Å². The normalized spacial score (nSPS) is 17.9. The molecule has 6 heteroatoms. The van der Waals surface area contributed by atoms with Crippen LogP contribution >= 0.6 is 0 Å². The van der Waals surface area contributed by atoms with E-state index in [0.717, 1.165) is 51.5 Å². The van der Waals surface area contributed by atoms with Gasteiger partial charge >= 0.3 is 0 Å². The van der Waals surface area contributed by atoms with Crippen LogP contribution in [0.15, 0.2) is 41.4 Å². The smallest absolute Gasteiger partial charge is 0.220 e. The van der Waals surface area contributed by atoms with Gasteiger partial charge in [0.2, 0.25) is 5.91 Å². The zero-order valence-corrected chi connectivity index (χ0v) is 17.2. The fourth-order valence-electron chi connectivity index (χ4n) is 3.81.